The molecule has 1 fully saturated rings. The highest BCUT2D eigenvalue weighted by Gasteiger charge is 2.23. The van der Waals surface area contributed by atoms with Gasteiger partial charge in [-0.25, -0.2) is 8.42 Å². The molecule has 3 rings (SSSR count). The van der Waals surface area contributed by atoms with Crippen molar-refractivity contribution in [2.45, 2.75) is 17.1 Å². The first kappa shape index (κ1) is 16.7. The Balaban J connectivity index is 1.69. The van der Waals surface area contributed by atoms with E-state index in [0.717, 1.165) is 6.42 Å². The Morgan fingerprint density at radius 2 is 2.00 bits per heavy atom. The summed E-state index contributed by atoms with van der Waals surface area (Å²) in [7, 11) is -3.53. The van der Waals surface area contributed by atoms with Gasteiger partial charge in [0.05, 0.1) is 23.5 Å². The van der Waals surface area contributed by atoms with E-state index in [1.807, 2.05) is 0 Å². The molecule has 0 aliphatic carbocycles. The molecule has 1 aromatic carbocycles. The van der Waals surface area contributed by atoms with Crippen molar-refractivity contribution in [1.29, 1.82) is 0 Å². The predicted molar refractivity (Wildman–Crippen MR) is 87.3 cm³/mol. The summed E-state index contributed by atoms with van der Waals surface area (Å²) >= 11 is 0. The van der Waals surface area contributed by atoms with Gasteiger partial charge < -0.3 is 14.5 Å². The van der Waals surface area contributed by atoms with Gasteiger partial charge in [0, 0.05) is 24.6 Å². The average molecular weight is 349 g/mol. The Labute approximate surface area is 140 Å². The summed E-state index contributed by atoms with van der Waals surface area (Å²) in [5, 5.41) is 2.79. The largest absolute Gasteiger partial charge is 0.459 e. The van der Waals surface area contributed by atoms with Gasteiger partial charge in [-0.15, -0.1) is 0 Å². The zero-order valence-electron chi connectivity index (χ0n) is 13.1. The number of sulfone groups is 1. The molecule has 0 saturated carbocycles. The molecule has 128 valence electrons. The monoisotopic (exact) mass is 349 g/mol. The standard InChI is InChI=1S/C17H19NO5S/c19-17(18-10-13-6-8-22-11-13)16-14(7-9-23-16)12-24(20,21)15-4-2-1-3-5-15/h1-5,7,9,13H,6,8,10-12H2,(H,18,19). The van der Waals surface area contributed by atoms with Crippen LogP contribution in [0.3, 0.4) is 0 Å². The van der Waals surface area contributed by atoms with E-state index < -0.39 is 15.7 Å². The van der Waals surface area contributed by atoms with Gasteiger partial charge in [0.25, 0.3) is 5.91 Å². The van der Waals surface area contributed by atoms with Crippen molar-refractivity contribution in [3.63, 3.8) is 0 Å². The van der Waals surface area contributed by atoms with Gasteiger partial charge >= 0.3 is 0 Å². The lowest BCUT2D eigenvalue weighted by Gasteiger charge is -2.09. The van der Waals surface area contributed by atoms with Crippen molar-refractivity contribution in [3.8, 4) is 0 Å². The third-order valence-electron chi connectivity index (χ3n) is 3.98. The number of ether oxygens (including phenoxy) is 1. The lowest BCUT2D eigenvalue weighted by molar-refractivity contribution is 0.0916. The number of carbonyl (C=O) groups excluding carboxylic acids is 1. The maximum Gasteiger partial charge on any atom is 0.287 e. The second-order valence-electron chi connectivity index (χ2n) is 5.79. The van der Waals surface area contributed by atoms with Crippen LogP contribution in [0.4, 0.5) is 0 Å². The van der Waals surface area contributed by atoms with Crippen LogP contribution in [-0.4, -0.2) is 34.1 Å². The molecule has 1 aliphatic rings. The summed E-state index contributed by atoms with van der Waals surface area (Å²) in [4.78, 5) is 12.5. The van der Waals surface area contributed by atoms with Crippen LogP contribution in [0.5, 0.6) is 0 Å². The van der Waals surface area contributed by atoms with Crippen LogP contribution in [0.15, 0.2) is 52.0 Å². The molecule has 1 atom stereocenters. The Morgan fingerprint density at radius 1 is 1.21 bits per heavy atom. The Morgan fingerprint density at radius 3 is 2.71 bits per heavy atom. The minimum Gasteiger partial charge on any atom is -0.459 e. The number of carbonyl (C=O) groups is 1. The molecule has 0 bridgehead atoms. The van der Waals surface area contributed by atoms with Crippen molar-refractivity contribution in [2.75, 3.05) is 19.8 Å². The van der Waals surface area contributed by atoms with Crippen LogP contribution in [0, 0.1) is 5.92 Å². The molecule has 1 unspecified atom stereocenters. The van der Waals surface area contributed by atoms with Gasteiger partial charge in [0.1, 0.15) is 0 Å². The molecule has 24 heavy (non-hydrogen) atoms. The summed E-state index contributed by atoms with van der Waals surface area (Å²) in [5.74, 6) is -0.331. The van der Waals surface area contributed by atoms with E-state index >= 15 is 0 Å². The van der Waals surface area contributed by atoms with Crippen LogP contribution < -0.4 is 5.32 Å². The van der Waals surface area contributed by atoms with Crippen molar-refractivity contribution in [2.24, 2.45) is 5.92 Å². The first-order chi connectivity index (χ1) is 11.6. The highest BCUT2D eigenvalue weighted by Crippen LogP contribution is 2.20. The topological polar surface area (TPSA) is 85.6 Å². The number of hydrogen-bond donors (Lipinski definition) is 1. The van der Waals surface area contributed by atoms with Gasteiger partial charge in [-0.2, -0.15) is 0 Å². The van der Waals surface area contributed by atoms with Crippen molar-refractivity contribution in [3.05, 3.63) is 54.0 Å². The minimum atomic E-state index is -3.53. The third-order valence-corrected chi connectivity index (χ3v) is 5.66. The lowest BCUT2D eigenvalue weighted by atomic mass is 10.1. The first-order valence-corrected chi connectivity index (χ1v) is 9.41. The van der Waals surface area contributed by atoms with E-state index in [-0.39, 0.29) is 16.4 Å². The molecule has 1 saturated heterocycles. The van der Waals surface area contributed by atoms with Gasteiger partial charge in [-0.1, -0.05) is 18.2 Å². The zero-order chi connectivity index (χ0) is 17.0. The van der Waals surface area contributed by atoms with Crippen LogP contribution in [0.25, 0.3) is 0 Å². The van der Waals surface area contributed by atoms with Crippen molar-refractivity contribution in [1.82, 2.24) is 5.32 Å². The van der Waals surface area contributed by atoms with E-state index in [2.05, 4.69) is 5.32 Å². The fourth-order valence-corrected chi connectivity index (χ4v) is 4.00. The summed E-state index contributed by atoms with van der Waals surface area (Å²) in [5.41, 5.74) is 0.360. The van der Waals surface area contributed by atoms with Crippen LogP contribution in [0.1, 0.15) is 22.5 Å². The highest BCUT2D eigenvalue weighted by atomic mass is 32.2. The molecule has 0 spiro atoms. The van der Waals surface area contributed by atoms with E-state index in [1.54, 1.807) is 18.2 Å². The molecule has 2 heterocycles. The minimum absolute atomic E-state index is 0.0495. The average Bonchev–Trinajstić information content (AvgIpc) is 3.25. The van der Waals surface area contributed by atoms with Crippen LogP contribution >= 0.6 is 0 Å². The zero-order valence-corrected chi connectivity index (χ0v) is 13.9. The number of nitrogens with one attached hydrogen (secondary N) is 1. The van der Waals surface area contributed by atoms with Crippen LogP contribution in [-0.2, 0) is 20.3 Å². The second kappa shape index (κ2) is 7.19. The molecule has 2 aromatic rings. The maximum atomic E-state index is 12.5. The van der Waals surface area contributed by atoms with Gasteiger partial charge in [0.15, 0.2) is 15.6 Å². The van der Waals surface area contributed by atoms with Gasteiger partial charge in [0.2, 0.25) is 0 Å². The number of furan rings is 1. The van der Waals surface area contributed by atoms with E-state index in [4.69, 9.17) is 9.15 Å². The molecule has 6 nitrogen and oxygen atoms in total. The number of rotatable bonds is 6. The van der Waals surface area contributed by atoms with Crippen LogP contribution in [0.2, 0.25) is 0 Å². The smallest absolute Gasteiger partial charge is 0.287 e. The molecular weight excluding hydrogens is 330 g/mol. The van der Waals surface area contributed by atoms with Gasteiger partial charge in [-0.05, 0) is 24.6 Å². The van der Waals surface area contributed by atoms with E-state index in [9.17, 15) is 13.2 Å². The first-order valence-electron chi connectivity index (χ1n) is 7.76. The number of benzene rings is 1. The number of hydrogen-bond acceptors (Lipinski definition) is 5. The third kappa shape index (κ3) is 3.85. The predicted octanol–water partition coefficient (Wildman–Crippen LogP) is 2.02. The van der Waals surface area contributed by atoms with E-state index in [1.165, 1.54) is 24.5 Å². The molecule has 1 aromatic heterocycles. The molecule has 1 aliphatic heterocycles. The molecular formula is C17H19NO5S. The normalized spacial score (nSPS) is 17.8. The van der Waals surface area contributed by atoms with Gasteiger partial charge in [-0.3, -0.25) is 4.79 Å². The van der Waals surface area contributed by atoms with Crippen molar-refractivity contribution >= 4 is 15.7 Å². The summed E-state index contributed by atoms with van der Waals surface area (Å²) < 4.78 is 35.4. The lowest BCUT2D eigenvalue weighted by Crippen LogP contribution is -2.30. The maximum absolute atomic E-state index is 12.5. The number of amides is 1. The Kier molecular flexibility index (Phi) is 5.01. The fourth-order valence-electron chi connectivity index (χ4n) is 2.63. The Hall–Kier alpha value is -2.12. The second-order valence-corrected chi connectivity index (χ2v) is 7.78. The SMILES string of the molecule is O=C(NCC1CCOC1)c1occc1CS(=O)(=O)c1ccccc1. The summed E-state index contributed by atoms with van der Waals surface area (Å²) in [6, 6.07) is 9.68. The summed E-state index contributed by atoms with van der Waals surface area (Å²) in [6.45, 7) is 1.83. The van der Waals surface area contributed by atoms with Crippen molar-refractivity contribution < 1.29 is 22.4 Å². The molecule has 0 radical (unpaired) electrons. The molecule has 1 amide bonds. The summed E-state index contributed by atoms with van der Waals surface area (Å²) in [6.07, 6.45) is 2.25. The molecule has 7 heteroatoms. The Bertz CT molecular complexity index is 791. The molecule has 1 N–H and O–H groups in total. The van der Waals surface area contributed by atoms with E-state index in [0.29, 0.717) is 31.2 Å². The quantitative estimate of drug-likeness (QED) is 0.862. The highest BCUT2D eigenvalue weighted by molar-refractivity contribution is 7.90. The fraction of sp³-hybridized carbons (Fsp3) is 0.353.